The molecule has 5 heteroatoms. The fourth-order valence-electron chi connectivity index (χ4n) is 1.80. The first kappa shape index (κ1) is 17.1. The number of unbranched alkanes of at least 4 members (excludes halogenated alkanes) is 4. The fraction of sp³-hybridized carbons (Fsp3) is 0.733. The lowest BCUT2D eigenvalue weighted by Gasteiger charge is -2.09. The van der Waals surface area contributed by atoms with Crippen molar-refractivity contribution in [2.75, 3.05) is 24.7 Å². The molecule has 0 unspecified atom stereocenters. The van der Waals surface area contributed by atoms with E-state index >= 15 is 0 Å². The van der Waals surface area contributed by atoms with Crippen molar-refractivity contribution in [2.24, 2.45) is 0 Å². The van der Waals surface area contributed by atoms with E-state index in [0.717, 1.165) is 37.0 Å². The highest BCUT2D eigenvalue weighted by molar-refractivity contribution is 7.98. The van der Waals surface area contributed by atoms with Crippen LogP contribution in [0.2, 0.25) is 0 Å². The van der Waals surface area contributed by atoms with E-state index in [1.54, 1.807) is 0 Å². The molecule has 114 valence electrons. The maximum Gasteiger partial charge on any atom is 0.219 e. The van der Waals surface area contributed by atoms with Crippen LogP contribution < -0.4 is 10.1 Å². The summed E-state index contributed by atoms with van der Waals surface area (Å²) in [5, 5.41) is 4.04. The van der Waals surface area contributed by atoms with Gasteiger partial charge in [-0.1, -0.05) is 51.3 Å². The average molecular weight is 297 g/mol. The summed E-state index contributed by atoms with van der Waals surface area (Å²) in [6.45, 7) is 6.02. The molecule has 0 aromatic carbocycles. The monoisotopic (exact) mass is 297 g/mol. The van der Waals surface area contributed by atoms with Crippen molar-refractivity contribution in [3.05, 3.63) is 6.07 Å². The molecule has 1 heterocycles. The minimum atomic E-state index is 0.679. The number of hydrogen-bond donors (Lipinski definition) is 1. The maximum absolute atomic E-state index is 5.74. The molecule has 0 aliphatic carbocycles. The molecule has 0 saturated carbocycles. The summed E-state index contributed by atoms with van der Waals surface area (Å²) in [6, 6.07) is 1.89. The Morgan fingerprint density at radius 1 is 1.10 bits per heavy atom. The van der Waals surface area contributed by atoms with Gasteiger partial charge in [0.1, 0.15) is 5.82 Å². The number of nitrogens with zero attached hydrogens (tertiary/aromatic N) is 2. The number of rotatable bonds is 11. The number of ether oxygens (including phenoxy) is 1. The first-order valence-corrected chi connectivity index (χ1v) is 8.82. The molecule has 1 rings (SSSR count). The highest BCUT2D eigenvalue weighted by Gasteiger charge is 2.04. The summed E-state index contributed by atoms with van der Waals surface area (Å²) in [5.74, 6) is 1.53. The summed E-state index contributed by atoms with van der Waals surface area (Å²) in [4.78, 5) is 8.80. The van der Waals surface area contributed by atoms with Crippen LogP contribution in [0.5, 0.6) is 5.88 Å². The van der Waals surface area contributed by atoms with Crippen molar-refractivity contribution in [3.8, 4) is 5.88 Å². The molecule has 0 atom stereocenters. The van der Waals surface area contributed by atoms with Crippen molar-refractivity contribution in [2.45, 2.75) is 57.5 Å². The Balaban J connectivity index is 2.42. The van der Waals surface area contributed by atoms with Crippen molar-refractivity contribution in [3.63, 3.8) is 0 Å². The number of anilines is 1. The zero-order valence-corrected chi connectivity index (χ0v) is 13.8. The standard InChI is InChI=1S/C15H27N3OS/c1-4-6-7-8-9-11-19-14-12-13(16-10-5-2)17-15(18-14)20-3/h12H,4-11H2,1-3H3,(H,16,17,18). The SMILES string of the molecule is CCCCCCCOc1cc(NCCC)nc(SC)n1. The Kier molecular flexibility index (Phi) is 9.20. The Hall–Kier alpha value is -0.970. The third-order valence-corrected chi connectivity index (χ3v) is 3.47. The van der Waals surface area contributed by atoms with Crippen LogP contribution in [0.15, 0.2) is 11.2 Å². The number of hydrogen-bond acceptors (Lipinski definition) is 5. The first-order chi connectivity index (χ1) is 9.80. The van der Waals surface area contributed by atoms with Gasteiger partial charge in [-0.2, -0.15) is 4.98 Å². The van der Waals surface area contributed by atoms with Crippen LogP contribution in [0.25, 0.3) is 0 Å². The predicted octanol–water partition coefficient (Wildman–Crippen LogP) is 4.37. The second-order valence-electron chi connectivity index (χ2n) is 4.77. The number of thioether (sulfide) groups is 1. The quantitative estimate of drug-likeness (QED) is 0.373. The van der Waals surface area contributed by atoms with Gasteiger partial charge in [-0.15, -0.1) is 0 Å². The molecule has 0 bridgehead atoms. The van der Waals surface area contributed by atoms with Gasteiger partial charge in [0, 0.05) is 12.6 Å². The molecule has 1 aromatic heterocycles. The lowest BCUT2D eigenvalue weighted by molar-refractivity contribution is 0.290. The molecule has 0 radical (unpaired) electrons. The highest BCUT2D eigenvalue weighted by Crippen LogP contribution is 2.19. The van der Waals surface area contributed by atoms with Crippen LogP contribution >= 0.6 is 11.8 Å². The molecule has 1 N–H and O–H groups in total. The topological polar surface area (TPSA) is 47.0 Å². The van der Waals surface area contributed by atoms with Crippen LogP contribution in [0, 0.1) is 0 Å². The summed E-state index contributed by atoms with van der Waals surface area (Å²) in [5.41, 5.74) is 0. The van der Waals surface area contributed by atoms with Gasteiger partial charge in [-0.05, 0) is 19.1 Å². The van der Waals surface area contributed by atoms with Crippen LogP contribution in [0.3, 0.4) is 0 Å². The molecule has 1 aromatic rings. The smallest absolute Gasteiger partial charge is 0.219 e. The Morgan fingerprint density at radius 2 is 1.90 bits per heavy atom. The van der Waals surface area contributed by atoms with Crippen molar-refractivity contribution < 1.29 is 4.74 Å². The zero-order valence-electron chi connectivity index (χ0n) is 12.9. The van der Waals surface area contributed by atoms with Crippen LogP contribution in [0.4, 0.5) is 5.82 Å². The molecule has 4 nitrogen and oxygen atoms in total. The van der Waals surface area contributed by atoms with Gasteiger partial charge in [-0.3, -0.25) is 0 Å². The number of aromatic nitrogens is 2. The van der Waals surface area contributed by atoms with Gasteiger partial charge in [0.25, 0.3) is 0 Å². The predicted molar refractivity (Wildman–Crippen MR) is 86.8 cm³/mol. The van der Waals surface area contributed by atoms with Gasteiger partial charge in [0.2, 0.25) is 5.88 Å². The van der Waals surface area contributed by atoms with Gasteiger partial charge in [0.15, 0.2) is 5.16 Å². The van der Waals surface area contributed by atoms with E-state index in [9.17, 15) is 0 Å². The zero-order chi connectivity index (χ0) is 14.6. The Morgan fingerprint density at radius 3 is 2.60 bits per heavy atom. The summed E-state index contributed by atoms with van der Waals surface area (Å²) >= 11 is 1.54. The molecule has 0 spiro atoms. The number of nitrogens with one attached hydrogen (secondary N) is 1. The van der Waals surface area contributed by atoms with Gasteiger partial charge in [0.05, 0.1) is 6.61 Å². The second-order valence-corrected chi connectivity index (χ2v) is 5.54. The molecular weight excluding hydrogens is 270 g/mol. The second kappa shape index (κ2) is 10.8. The van der Waals surface area contributed by atoms with E-state index in [0.29, 0.717) is 5.88 Å². The summed E-state index contributed by atoms with van der Waals surface area (Å²) in [6.07, 6.45) is 9.26. The highest BCUT2D eigenvalue weighted by atomic mass is 32.2. The first-order valence-electron chi connectivity index (χ1n) is 7.59. The average Bonchev–Trinajstić information content (AvgIpc) is 2.48. The molecule has 0 amide bonds. The normalized spacial score (nSPS) is 10.6. The molecule has 0 saturated heterocycles. The van der Waals surface area contributed by atoms with E-state index in [-0.39, 0.29) is 0 Å². The van der Waals surface area contributed by atoms with Crippen molar-refractivity contribution >= 4 is 17.6 Å². The summed E-state index contributed by atoms with van der Waals surface area (Å²) < 4.78 is 5.74. The van der Waals surface area contributed by atoms with Gasteiger partial charge < -0.3 is 10.1 Å². The summed E-state index contributed by atoms with van der Waals surface area (Å²) in [7, 11) is 0. The minimum absolute atomic E-state index is 0.679. The Bertz CT molecular complexity index is 374. The minimum Gasteiger partial charge on any atom is -0.478 e. The van der Waals surface area contributed by atoms with E-state index in [1.165, 1.54) is 37.4 Å². The van der Waals surface area contributed by atoms with E-state index < -0.39 is 0 Å². The largest absolute Gasteiger partial charge is 0.478 e. The van der Waals surface area contributed by atoms with Crippen LogP contribution in [0.1, 0.15) is 52.4 Å². The lowest BCUT2D eigenvalue weighted by Crippen LogP contribution is -2.06. The fourth-order valence-corrected chi connectivity index (χ4v) is 2.17. The van der Waals surface area contributed by atoms with Crippen molar-refractivity contribution in [1.82, 2.24) is 9.97 Å². The van der Waals surface area contributed by atoms with E-state index in [2.05, 4.69) is 29.1 Å². The molecule has 0 aliphatic rings. The maximum atomic E-state index is 5.74. The lowest BCUT2D eigenvalue weighted by atomic mass is 10.2. The third kappa shape index (κ3) is 6.98. The van der Waals surface area contributed by atoms with Crippen LogP contribution in [-0.4, -0.2) is 29.4 Å². The Labute approximate surface area is 127 Å². The molecule has 0 aliphatic heterocycles. The van der Waals surface area contributed by atoms with Gasteiger partial charge >= 0.3 is 0 Å². The molecular formula is C15H27N3OS. The van der Waals surface area contributed by atoms with Crippen molar-refractivity contribution in [1.29, 1.82) is 0 Å². The van der Waals surface area contributed by atoms with Gasteiger partial charge in [-0.25, -0.2) is 4.98 Å². The van der Waals surface area contributed by atoms with E-state index in [4.69, 9.17) is 4.74 Å². The van der Waals surface area contributed by atoms with E-state index in [1.807, 2.05) is 12.3 Å². The van der Waals surface area contributed by atoms with Crippen LogP contribution in [-0.2, 0) is 0 Å². The molecule has 20 heavy (non-hydrogen) atoms. The molecule has 0 fully saturated rings. The third-order valence-electron chi connectivity index (χ3n) is 2.92.